The summed E-state index contributed by atoms with van der Waals surface area (Å²) in [6.07, 6.45) is 5.73. The second-order valence-electron chi connectivity index (χ2n) is 4.22. The Hall–Kier alpha value is -1.82. The molecule has 0 fully saturated rings. The van der Waals surface area contributed by atoms with E-state index in [1.165, 1.54) is 4.88 Å². The Morgan fingerprint density at radius 3 is 3.00 bits per heavy atom. The van der Waals surface area contributed by atoms with E-state index in [4.69, 9.17) is 0 Å². The molecule has 2 aromatic heterocycles. The molecule has 6 heteroatoms. The van der Waals surface area contributed by atoms with Gasteiger partial charge < -0.3 is 0 Å². The Balaban J connectivity index is 1.68. The molecule has 0 radical (unpaired) electrons. The Morgan fingerprint density at radius 2 is 2.17 bits per heavy atom. The molecule has 2 heterocycles. The van der Waals surface area contributed by atoms with Gasteiger partial charge in [0.25, 0.3) is 0 Å². The van der Waals surface area contributed by atoms with Crippen molar-refractivity contribution in [2.45, 2.75) is 19.3 Å². The molecule has 0 bridgehead atoms. The molecule has 92 valence electrons. The zero-order valence-corrected chi connectivity index (χ0v) is 10.5. The monoisotopic (exact) mass is 260 g/mol. The van der Waals surface area contributed by atoms with Crippen molar-refractivity contribution in [3.63, 3.8) is 0 Å². The number of rotatable bonds is 2. The zero-order valence-electron chi connectivity index (χ0n) is 9.67. The molecule has 1 aliphatic rings. The van der Waals surface area contributed by atoms with Gasteiger partial charge >= 0.3 is 0 Å². The molecule has 1 N–H and O–H groups in total. The molecule has 1 unspecified atom stereocenters. The number of anilines is 1. The molecule has 0 spiro atoms. The number of carbonyl (C=O) groups excluding carboxylic acids is 1. The summed E-state index contributed by atoms with van der Waals surface area (Å²) in [7, 11) is 0. The van der Waals surface area contributed by atoms with Gasteiger partial charge in [-0.25, -0.2) is 15.0 Å². The van der Waals surface area contributed by atoms with Crippen LogP contribution in [0.25, 0.3) is 0 Å². The molecule has 1 amide bonds. The van der Waals surface area contributed by atoms with E-state index < -0.39 is 0 Å². The number of hydrogen-bond acceptors (Lipinski definition) is 5. The van der Waals surface area contributed by atoms with E-state index in [0.29, 0.717) is 5.95 Å². The zero-order chi connectivity index (χ0) is 12.4. The van der Waals surface area contributed by atoms with E-state index in [9.17, 15) is 4.79 Å². The summed E-state index contributed by atoms with van der Waals surface area (Å²) in [4.78, 5) is 25.6. The second kappa shape index (κ2) is 4.81. The maximum Gasteiger partial charge on any atom is 0.230 e. The van der Waals surface area contributed by atoms with Crippen LogP contribution in [-0.2, 0) is 17.6 Å². The van der Waals surface area contributed by atoms with Crippen LogP contribution in [0, 0.1) is 5.92 Å². The highest BCUT2D eigenvalue weighted by molar-refractivity contribution is 7.09. The number of aryl methyl sites for hydroxylation is 1. The lowest BCUT2D eigenvalue weighted by Gasteiger charge is -2.19. The molecular weight excluding hydrogens is 248 g/mol. The summed E-state index contributed by atoms with van der Waals surface area (Å²) < 4.78 is 0. The lowest BCUT2D eigenvalue weighted by molar-refractivity contribution is -0.120. The van der Waals surface area contributed by atoms with E-state index in [0.717, 1.165) is 25.0 Å². The van der Waals surface area contributed by atoms with Crippen molar-refractivity contribution in [1.29, 1.82) is 0 Å². The van der Waals surface area contributed by atoms with E-state index in [1.54, 1.807) is 29.8 Å². The molecule has 2 aromatic rings. The third kappa shape index (κ3) is 2.24. The van der Waals surface area contributed by atoms with E-state index in [1.807, 2.05) is 5.51 Å². The van der Waals surface area contributed by atoms with Gasteiger partial charge in [-0.1, -0.05) is 0 Å². The third-order valence-electron chi connectivity index (χ3n) is 3.06. The van der Waals surface area contributed by atoms with Gasteiger partial charge in [0.2, 0.25) is 11.9 Å². The number of nitrogens with one attached hydrogen (secondary N) is 1. The van der Waals surface area contributed by atoms with Crippen molar-refractivity contribution in [2.24, 2.45) is 5.92 Å². The van der Waals surface area contributed by atoms with Crippen molar-refractivity contribution in [2.75, 3.05) is 5.32 Å². The van der Waals surface area contributed by atoms with Gasteiger partial charge in [-0.15, -0.1) is 11.3 Å². The van der Waals surface area contributed by atoms with Crippen LogP contribution in [0.15, 0.2) is 24.0 Å². The first-order chi connectivity index (χ1) is 8.83. The SMILES string of the molecule is O=C(Nc1ncccn1)C1CCc2ncsc2C1. The molecule has 18 heavy (non-hydrogen) atoms. The summed E-state index contributed by atoms with van der Waals surface area (Å²) in [6, 6.07) is 1.72. The number of thiazole rings is 1. The quantitative estimate of drug-likeness (QED) is 0.892. The number of hydrogen-bond donors (Lipinski definition) is 1. The molecular formula is C12H12N4OS. The molecule has 0 saturated heterocycles. The molecule has 0 aromatic carbocycles. The minimum Gasteiger partial charge on any atom is -0.294 e. The summed E-state index contributed by atoms with van der Waals surface area (Å²) in [5.74, 6) is 0.375. The number of fused-ring (bicyclic) bond motifs is 1. The molecule has 0 saturated carbocycles. The van der Waals surface area contributed by atoms with Gasteiger partial charge in [0, 0.05) is 23.2 Å². The predicted molar refractivity (Wildman–Crippen MR) is 68.3 cm³/mol. The highest BCUT2D eigenvalue weighted by Crippen LogP contribution is 2.28. The van der Waals surface area contributed by atoms with Crippen LogP contribution in [0.2, 0.25) is 0 Å². The summed E-state index contributed by atoms with van der Waals surface area (Å²) in [5, 5.41) is 2.76. The molecule has 1 atom stereocenters. The Morgan fingerprint density at radius 1 is 1.33 bits per heavy atom. The topological polar surface area (TPSA) is 67.8 Å². The Kier molecular flexibility index (Phi) is 3.02. The fourth-order valence-corrected chi connectivity index (χ4v) is 3.00. The van der Waals surface area contributed by atoms with Crippen LogP contribution in [0.3, 0.4) is 0 Å². The smallest absolute Gasteiger partial charge is 0.230 e. The highest BCUT2D eigenvalue weighted by Gasteiger charge is 2.26. The summed E-state index contributed by atoms with van der Waals surface area (Å²) in [5.41, 5.74) is 3.01. The standard InChI is InChI=1S/C12H12N4OS/c17-11(16-12-13-4-1-5-14-12)8-2-3-9-10(6-8)18-7-15-9/h1,4-5,7-8H,2-3,6H2,(H,13,14,16,17). The number of aromatic nitrogens is 3. The van der Waals surface area contributed by atoms with Gasteiger partial charge in [0.1, 0.15) is 0 Å². The van der Waals surface area contributed by atoms with E-state index >= 15 is 0 Å². The normalized spacial score (nSPS) is 18.1. The second-order valence-corrected chi connectivity index (χ2v) is 5.16. The van der Waals surface area contributed by atoms with Gasteiger partial charge in [-0.2, -0.15) is 0 Å². The van der Waals surface area contributed by atoms with Crippen molar-refractivity contribution < 1.29 is 4.79 Å². The minimum absolute atomic E-state index is 0.000231. The van der Waals surface area contributed by atoms with Gasteiger partial charge in [-0.05, 0) is 25.3 Å². The first-order valence-electron chi connectivity index (χ1n) is 5.82. The number of carbonyl (C=O) groups is 1. The predicted octanol–water partition coefficient (Wildman–Crippen LogP) is 1.68. The largest absolute Gasteiger partial charge is 0.294 e. The first-order valence-corrected chi connectivity index (χ1v) is 6.70. The van der Waals surface area contributed by atoms with E-state index in [-0.39, 0.29) is 11.8 Å². The van der Waals surface area contributed by atoms with Gasteiger partial charge in [0.05, 0.1) is 11.2 Å². The van der Waals surface area contributed by atoms with Crippen LogP contribution >= 0.6 is 11.3 Å². The van der Waals surface area contributed by atoms with Crippen LogP contribution in [-0.4, -0.2) is 20.9 Å². The maximum atomic E-state index is 12.1. The van der Waals surface area contributed by atoms with Gasteiger partial charge in [-0.3, -0.25) is 10.1 Å². The minimum atomic E-state index is 0.000231. The lowest BCUT2D eigenvalue weighted by Crippen LogP contribution is -2.28. The lowest BCUT2D eigenvalue weighted by atomic mass is 9.90. The Labute approximate surface area is 108 Å². The fourth-order valence-electron chi connectivity index (χ4n) is 2.10. The van der Waals surface area contributed by atoms with Crippen molar-refractivity contribution in [3.05, 3.63) is 34.5 Å². The highest BCUT2D eigenvalue weighted by atomic mass is 32.1. The molecule has 1 aliphatic carbocycles. The molecule has 5 nitrogen and oxygen atoms in total. The Bertz CT molecular complexity index is 554. The number of nitrogens with zero attached hydrogens (tertiary/aromatic N) is 3. The first kappa shape index (κ1) is 11.3. The molecule has 3 rings (SSSR count). The van der Waals surface area contributed by atoms with Crippen molar-refractivity contribution >= 4 is 23.2 Å². The average molecular weight is 260 g/mol. The van der Waals surface area contributed by atoms with Gasteiger partial charge in [0.15, 0.2) is 0 Å². The van der Waals surface area contributed by atoms with Crippen LogP contribution < -0.4 is 5.32 Å². The maximum absolute atomic E-state index is 12.1. The molecule has 0 aliphatic heterocycles. The summed E-state index contributed by atoms with van der Waals surface area (Å²) in [6.45, 7) is 0. The third-order valence-corrected chi connectivity index (χ3v) is 3.96. The van der Waals surface area contributed by atoms with Crippen LogP contribution in [0.1, 0.15) is 17.0 Å². The summed E-state index contributed by atoms with van der Waals surface area (Å²) >= 11 is 1.63. The average Bonchev–Trinajstić information content (AvgIpc) is 2.87. The fraction of sp³-hybridized carbons (Fsp3) is 0.333. The van der Waals surface area contributed by atoms with Crippen LogP contribution in [0.4, 0.5) is 5.95 Å². The number of amides is 1. The van der Waals surface area contributed by atoms with Crippen LogP contribution in [0.5, 0.6) is 0 Å². The van der Waals surface area contributed by atoms with Crippen molar-refractivity contribution in [3.8, 4) is 0 Å². The van der Waals surface area contributed by atoms with E-state index in [2.05, 4.69) is 20.3 Å². The van der Waals surface area contributed by atoms with Crippen molar-refractivity contribution in [1.82, 2.24) is 15.0 Å².